The van der Waals surface area contributed by atoms with Gasteiger partial charge in [0.1, 0.15) is 0 Å². The zero-order chi connectivity index (χ0) is 12.7. The highest BCUT2D eigenvalue weighted by atomic mass is 32.1. The summed E-state index contributed by atoms with van der Waals surface area (Å²) in [6.07, 6.45) is 2.49. The predicted octanol–water partition coefficient (Wildman–Crippen LogP) is 3.77. The Balaban J connectivity index is 2.34. The summed E-state index contributed by atoms with van der Waals surface area (Å²) >= 11 is 4.28. The summed E-state index contributed by atoms with van der Waals surface area (Å²) < 4.78 is 0. The molecule has 0 aromatic heterocycles. The first-order valence-corrected chi connectivity index (χ1v) is 7.10. The lowest BCUT2D eigenvalue weighted by atomic mass is 10.0. The van der Waals surface area contributed by atoms with Crippen molar-refractivity contribution >= 4 is 12.6 Å². The monoisotopic (exact) mass is 251 g/mol. The number of hydrogen-bond donors (Lipinski definition) is 1. The first-order valence-electron chi connectivity index (χ1n) is 6.47. The van der Waals surface area contributed by atoms with Crippen molar-refractivity contribution in [3.05, 3.63) is 35.4 Å². The fourth-order valence-electron chi connectivity index (χ4n) is 1.96. The quantitative estimate of drug-likeness (QED) is 0.722. The summed E-state index contributed by atoms with van der Waals surface area (Å²) in [6, 6.07) is 8.64. The molecule has 96 valence electrons. The topological polar surface area (TPSA) is 3.24 Å². The number of thiol groups is 1. The van der Waals surface area contributed by atoms with Gasteiger partial charge in [0.2, 0.25) is 0 Å². The van der Waals surface area contributed by atoms with Gasteiger partial charge in [0, 0.05) is 6.54 Å². The third-order valence-electron chi connectivity index (χ3n) is 3.33. The van der Waals surface area contributed by atoms with Crippen LogP contribution in [-0.2, 0) is 6.54 Å². The lowest BCUT2D eigenvalue weighted by molar-refractivity contribution is 0.296. The molecule has 1 rings (SSSR count). The van der Waals surface area contributed by atoms with Gasteiger partial charge in [0.15, 0.2) is 0 Å². The van der Waals surface area contributed by atoms with Crippen LogP contribution < -0.4 is 0 Å². The Labute approximate surface area is 112 Å². The van der Waals surface area contributed by atoms with Gasteiger partial charge >= 0.3 is 0 Å². The average Bonchev–Trinajstić information content (AvgIpc) is 2.30. The number of nitrogens with zero attached hydrogens (tertiary/aromatic N) is 1. The molecular weight excluding hydrogens is 226 g/mol. The van der Waals surface area contributed by atoms with E-state index in [4.69, 9.17) is 0 Å². The van der Waals surface area contributed by atoms with Gasteiger partial charge in [-0.15, -0.1) is 0 Å². The molecule has 0 saturated heterocycles. The molecule has 2 heteroatoms. The molecule has 0 aliphatic rings. The van der Waals surface area contributed by atoms with Gasteiger partial charge in [-0.25, -0.2) is 0 Å². The van der Waals surface area contributed by atoms with Gasteiger partial charge in [-0.3, -0.25) is 0 Å². The molecule has 17 heavy (non-hydrogen) atoms. The fourth-order valence-corrected chi connectivity index (χ4v) is 2.40. The summed E-state index contributed by atoms with van der Waals surface area (Å²) in [5.74, 6) is 1.79. The van der Waals surface area contributed by atoms with E-state index in [2.05, 4.69) is 62.7 Å². The molecule has 1 aromatic rings. The van der Waals surface area contributed by atoms with E-state index in [1.54, 1.807) is 0 Å². The van der Waals surface area contributed by atoms with Crippen molar-refractivity contribution in [3.63, 3.8) is 0 Å². The average molecular weight is 251 g/mol. The van der Waals surface area contributed by atoms with E-state index in [0.717, 1.165) is 18.2 Å². The first kappa shape index (κ1) is 14.6. The summed E-state index contributed by atoms with van der Waals surface area (Å²) in [6.45, 7) is 6.73. The van der Waals surface area contributed by atoms with Gasteiger partial charge in [-0.2, -0.15) is 12.6 Å². The minimum atomic E-state index is 0.784. The lowest BCUT2D eigenvalue weighted by Crippen LogP contribution is -2.21. The molecule has 0 aliphatic carbocycles. The van der Waals surface area contributed by atoms with Crippen LogP contribution in [-0.4, -0.2) is 24.2 Å². The third-order valence-corrected chi connectivity index (χ3v) is 3.59. The molecule has 0 radical (unpaired) electrons. The molecule has 0 bridgehead atoms. The van der Waals surface area contributed by atoms with E-state index in [9.17, 15) is 0 Å². The van der Waals surface area contributed by atoms with Crippen molar-refractivity contribution in [3.8, 4) is 0 Å². The van der Waals surface area contributed by atoms with E-state index in [0.29, 0.717) is 0 Å². The molecule has 0 saturated carbocycles. The smallest absolute Gasteiger partial charge is 0.0233 e. The molecule has 0 heterocycles. The van der Waals surface area contributed by atoms with Crippen LogP contribution in [0.2, 0.25) is 0 Å². The highest BCUT2D eigenvalue weighted by molar-refractivity contribution is 7.80. The van der Waals surface area contributed by atoms with E-state index in [1.807, 2.05) is 0 Å². The molecule has 0 N–H and O–H groups in total. The number of rotatable bonds is 7. The fraction of sp³-hybridized carbons (Fsp3) is 0.600. The zero-order valence-electron chi connectivity index (χ0n) is 11.3. The highest BCUT2D eigenvalue weighted by Crippen LogP contribution is 2.12. The van der Waals surface area contributed by atoms with Gasteiger partial charge in [-0.1, -0.05) is 31.2 Å². The molecule has 1 atom stereocenters. The zero-order valence-corrected chi connectivity index (χ0v) is 12.2. The Kier molecular flexibility index (Phi) is 6.68. The Morgan fingerprint density at radius 3 is 2.59 bits per heavy atom. The highest BCUT2D eigenvalue weighted by Gasteiger charge is 2.05. The second kappa shape index (κ2) is 7.78. The minimum absolute atomic E-state index is 0.784. The molecule has 0 spiro atoms. The summed E-state index contributed by atoms with van der Waals surface area (Å²) in [4.78, 5) is 2.41. The van der Waals surface area contributed by atoms with Crippen LogP contribution >= 0.6 is 12.6 Å². The van der Waals surface area contributed by atoms with Crippen molar-refractivity contribution in [1.29, 1.82) is 0 Å². The van der Waals surface area contributed by atoms with Crippen molar-refractivity contribution in [2.24, 2.45) is 5.92 Å². The maximum atomic E-state index is 4.28. The third kappa shape index (κ3) is 5.60. The van der Waals surface area contributed by atoms with Crippen LogP contribution in [0.1, 0.15) is 30.9 Å². The van der Waals surface area contributed by atoms with Crippen LogP contribution in [0.15, 0.2) is 24.3 Å². The molecule has 0 aliphatic heterocycles. The maximum absolute atomic E-state index is 4.28. The number of aryl methyl sites for hydroxylation is 1. The van der Waals surface area contributed by atoms with Crippen molar-refractivity contribution in [2.45, 2.75) is 33.2 Å². The molecule has 0 amide bonds. The van der Waals surface area contributed by atoms with Gasteiger partial charge in [0.05, 0.1) is 0 Å². The van der Waals surface area contributed by atoms with E-state index >= 15 is 0 Å². The van der Waals surface area contributed by atoms with E-state index < -0.39 is 0 Å². The molecule has 1 aromatic carbocycles. The molecule has 1 unspecified atom stereocenters. The second-order valence-electron chi connectivity index (χ2n) is 5.07. The van der Waals surface area contributed by atoms with Crippen LogP contribution in [0.25, 0.3) is 0 Å². The lowest BCUT2D eigenvalue weighted by Gasteiger charge is -2.20. The van der Waals surface area contributed by atoms with Gasteiger partial charge in [-0.05, 0) is 56.2 Å². The summed E-state index contributed by atoms with van der Waals surface area (Å²) in [5.41, 5.74) is 2.83. The van der Waals surface area contributed by atoms with E-state index in [1.165, 1.54) is 30.5 Å². The summed E-state index contributed by atoms with van der Waals surface area (Å²) in [7, 11) is 2.21. The van der Waals surface area contributed by atoms with Crippen molar-refractivity contribution in [1.82, 2.24) is 4.90 Å². The largest absolute Gasteiger partial charge is 0.302 e. The van der Waals surface area contributed by atoms with Crippen molar-refractivity contribution in [2.75, 3.05) is 19.3 Å². The van der Waals surface area contributed by atoms with Crippen LogP contribution in [0.4, 0.5) is 0 Å². The van der Waals surface area contributed by atoms with E-state index in [-0.39, 0.29) is 0 Å². The van der Waals surface area contributed by atoms with Crippen LogP contribution in [0.3, 0.4) is 0 Å². The molecular formula is C15H25NS. The van der Waals surface area contributed by atoms with Crippen LogP contribution in [0.5, 0.6) is 0 Å². The Bertz CT molecular complexity index is 324. The predicted molar refractivity (Wildman–Crippen MR) is 79.8 cm³/mol. The first-order chi connectivity index (χ1) is 8.13. The standard InChI is InChI=1S/C15H25NS/c1-13(9-11-17)8-10-16(3)12-15-7-5-4-6-14(15)2/h4-7,13,17H,8-12H2,1-3H3. The number of hydrogen-bond acceptors (Lipinski definition) is 2. The van der Waals surface area contributed by atoms with Crippen molar-refractivity contribution < 1.29 is 0 Å². The van der Waals surface area contributed by atoms with Crippen LogP contribution in [0, 0.1) is 12.8 Å². The second-order valence-corrected chi connectivity index (χ2v) is 5.52. The molecule has 1 nitrogen and oxygen atoms in total. The summed E-state index contributed by atoms with van der Waals surface area (Å²) in [5, 5.41) is 0. The van der Waals surface area contributed by atoms with Gasteiger partial charge < -0.3 is 4.90 Å². The minimum Gasteiger partial charge on any atom is -0.302 e. The normalized spacial score (nSPS) is 13.0. The Morgan fingerprint density at radius 2 is 1.94 bits per heavy atom. The Morgan fingerprint density at radius 1 is 1.24 bits per heavy atom. The molecule has 0 fully saturated rings. The SMILES string of the molecule is Cc1ccccc1CN(C)CCC(C)CCS. The maximum Gasteiger partial charge on any atom is 0.0233 e. The Hall–Kier alpha value is -0.470. The number of benzene rings is 1. The van der Waals surface area contributed by atoms with Gasteiger partial charge in [0.25, 0.3) is 0 Å².